The summed E-state index contributed by atoms with van der Waals surface area (Å²) in [4.78, 5) is 19.5. The maximum absolute atomic E-state index is 13.2. The Balaban J connectivity index is 1.57. The lowest BCUT2D eigenvalue weighted by molar-refractivity contribution is -0.119. The van der Waals surface area contributed by atoms with Crippen LogP contribution in [0.5, 0.6) is 0 Å². The number of anilines is 1. The number of hydrogen-bond donors (Lipinski definition) is 0. The smallest absolute Gasteiger partial charge is 0.235 e. The number of amides is 1. The summed E-state index contributed by atoms with van der Waals surface area (Å²) in [7, 11) is 0. The number of rotatable bonds is 7. The van der Waals surface area contributed by atoms with Gasteiger partial charge in [0, 0.05) is 28.4 Å². The molecule has 2 aliphatic rings. The van der Waals surface area contributed by atoms with Crippen LogP contribution < -0.4 is 4.90 Å². The maximum atomic E-state index is 13.2. The summed E-state index contributed by atoms with van der Waals surface area (Å²) in [6.45, 7) is 10.3. The number of ether oxygens (including phenoxy) is 1. The molecule has 0 radical (unpaired) electrons. The van der Waals surface area contributed by atoms with Crippen molar-refractivity contribution in [2.45, 2.75) is 69.3 Å². The zero-order valence-corrected chi connectivity index (χ0v) is 20.4. The number of carbonyl (C=O) groups is 1. The van der Waals surface area contributed by atoms with E-state index in [1.807, 2.05) is 24.3 Å². The third kappa shape index (κ3) is 4.53. The molecule has 0 spiro atoms. The zero-order chi connectivity index (χ0) is 23.1. The van der Waals surface area contributed by atoms with Gasteiger partial charge in [-0.3, -0.25) is 4.79 Å². The second kappa shape index (κ2) is 8.37. The minimum absolute atomic E-state index is 0.0126. The van der Waals surface area contributed by atoms with Crippen LogP contribution in [0.1, 0.15) is 64.6 Å². The minimum atomic E-state index is -0.499. The van der Waals surface area contributed by atoms with Crippen molar-refractivity contribution >= 4 is 27.5 Å². The fraction of sp³-hybridized carbons (Fsp3) is 0.542. The molecule has 1 aliphatic heterocycles. The van der Waals surface area contributed by atoms with Crippen molar-refractivity contribution in [3.05, 3.63) is 52.9 Å². The molecule has 2 bridgehead atoms. The lowest BCUT2D eigenvalue weighted by Crippen LogP contribution is -2.45. The third-order valence-corrected chi connectivity index (χ3v) is 6.90. The number of nitrogens with zero attached hydrogens (tertiary/aromatic N) is 3. The number of aromatic nitrogens is 2. The van der Waals surface area contributed by atoms with Gasteiger partial charge in [0.05, 0.1) is 30.0 Å². The van der Waals surface area contributed by atoms with Crippen molar-refractivity contribution in [1.29, 1.82) is 0 Å². The van der Waals surface area contributed by atoms with Crippen LogP contribution in [-0.2, 0) is 20.4 Å². The van der Waals surface area contributed by atoms with Gasteiger partial charge >= 0.3 is 0 Å². The number of hydrogen-bond acceptors (Lipinski definition) is 5. The third-order valence-electron chi connectivity index (χ3n) is 6.40. The second-order valence-corrected chi connectivity index (χ2v) is 11.0. The van der Waals surface area contributed by atoms with E-state index in [9.17, 15) is 9.18 Å². The molecule has 2 unspecified atom stereocenters. The Hall–Kier alpha value is -2.06. The number of halogens is 2. The predicted octanol–water partition coefficient (Wildman–Crippen LogP) is 5.62. The van der Waals surface area contributed by atoms with E-state index in [0.29, 0.717) is 31.3 Å². The molecule has 172 valence electrons. The van der Waals surface area contributed by atoms with Crippen molar-refractivity contribution in [3.8, 4) is 0 Å². The van der Waals surface area contributed by atoms with E-state index in [2.05, 4.69) is 48.4 Å². The summed E-state index contributed by atoms with van der Waals surface area (Å²) in [5, 5.41) is 4.20. The van der Waals surface area contributed by atoms with Gasteiger partial charge in [0.15, 0.2) is 5.82 Å². The molecule has 4 rings (SSSR count). The lowest BCUT2D eigenvalue weighted by atomic mass is 9.87. The van der Waals surface area contributed by atoms with E-state index in [0.717, 1.165) is 23.0 Å². The molecular formula is C24H29BrFN3O3. The molecular weight excluding hydrogens is 477 g/mol. The fourth-order valence-corrected chi connectivity index (χ4v) is 4.99. The normalized spacial score (nSPS) is 24.7. The number of benzene rings is 1. The molecule has 1 aliphatic carbocycles. The molecule has 6 nitrogen and oxygen atoms in total. The summed E-state index contributed by atoms with van der Waals surface area (Å²) in [6.07, 6.45) is 2.42. The molecule has 2 fully saturated rings. The summed E-state index contributed by atoms with van der Waals surface area (Å²) >= 11 is 3.48. The van der Waals surface area contributed by atoms with Gasteiger partial charge in [-0.05, 0) is 37.5 Å². The molecule has 1 amide bonds. The Morgan fingerprint density at radius 2 is 2.09 bits per heavy atom. The quantitative estimate of drug-likeness (QED) is 0.488. The van der Waals surface area contributed by atoms with Gasteiger partial charge in [0.25, 0.3) is 0 Å². The van der Waals surface area contributed by atoms with Gasteiger partial charge < -0.3 is 14.2 Å². The fourth-order valence-electron chi connectivity index (χ4n) is 4.60. The first-order chi connectivity index (χ1) is 15.0. The van der Waals surface area contributed by atoms with Gasteiger partial charge in [0.1, 0.15) is 0 Å². The van der Waals surface area contributed by atoms with Crippen LogP contribution in [0.4, 0.5) is 10.1 Å². The average molecular weight is 506 g/mol. The summed E-state index contributed by atoms with van der Waals surface area (Å²) in [5.41, 5.74) is -0.265. The van der Waals surface area contributed by atoms with Crippen molar-refractivity contribution < 1.29 is 18.4 Å². The summed E-state index contributed by atoms with van der Waals surface area (Å²) in [6, 6.07) is 7.56. The van der Waals surface area contributed by atoms with E-state index >= 15 is 0 Å². The number of allylic oxidation sites excluding steroid dienone is 1. The Labute approximate surface area is 196 Å². The van der Waals surface area contributed by atoms with E-state index in [4.69, 9.17) is 14.2 Å². The van der Waals surface area contributed by atoms with E-state index in [1.165, 1.54) is 0 Å². The molecule has 2 atom stereocenters. The summed E-state index contributed by atoms with van der Waals surface area (Å²) < 4.78 is 26.1. The molecule has 1 aromatic carbocycles. The first kappa shape index (κ1) is 23.1. The highest BCUT2D eigenvalue weighted by Crippen LogP contribution is 2.54. The van der Waals surface area contributed by atoms with Crippen LogP contribution in [0.2, 0.25) is 0 Å². The van der Waals surface area contributed by atoms with Gasteiger partial charge in [-0.2, -0.15) is 4.98 Å². The van der Waals surface area contributed by atoms with Crippen LogP contribution in [0.25, 0.3) is 0 Å². The molecule has 32 heavy (non-hydrogen) atoms. The van der Waals surface area contributed by atoms with Crippen LogP contribution in [0, 0.1) is 0 Å². The Morgan fingerprint density at radius 3 is 2.69 bits per heavy atom. The van der Waals surface area contributed by atoms with Crippen molar-refractivity contribution in [1.82, 2.24) is 10.1 Å². The largest absolute Gasteiger partial charge is 0.372 e. The molecule has 0 N–H and O–H groups in total. The summed E-state index contributed by atoms with van der Waals surface area (Å²) in [5.74, 6) is 0.658. The van der Waals surface area contributed by atoms with Gasteiger partial charge in [-0.25, -0.2) is 4.39 Å². The molecule has 2 heterocycles. The number of fused-ring (bicyclic) bond motifs is 2. The number of carbonyl (C=O) groups excluding carboxylic acids is 1. The van der Waals surface area contributed by atoms with Crippen LogP contribution in [-0.4, -0.2) is 34.8 Å². The van der Waals surface area contributed by atoms with Crippen LogP contribution in [0.3, 0.4) is 0 Å². The first-order valence-electron chi connectivity index (χ1n) is 10.9. The van der Waals surface area contributed by atoms with Crippen LogP contribution in [0.15, 0.2) is 45.7 Å². The van der Waals surface area contributed by atoms with Crippen molar-refractivity contribution in [2.75, 3.05) is 18.1 Å². The highest BCUT2D eigenvalue weighted by Gasteiger charge is 2.60. The molecule has 1 saturated carbocycles. The molecule has 2 aromatic rings. The monoisotopic (exact) mass is 505 g/mol. The van der Waals surface area contributed by atoms with Crippen LogP contribution >= 0.6 is 15.9 Å². The topological polar surface area (TPSA) is 68.5 Å². The Bertz CT molecular complexity index is 1020. The highest BCUT2D eigenvalue weighted by atomic mass is 79.9. The highest BCUT2D eigenvalue weighted by molar-refractivity contribution is 9.10. The first-order valence-corrected chi connectivity index (χ1v) is 11.7. The van der Waals surface area contributed by atoms with Gasteiger partial charge in [-0.1, -0.05) is 54.5 Å². The van der Waals surface area contributed by atoms with Crippen molar-refractivity contribution in [3.63, 3.8) is 0 Å². The molecule has 1 aromatic heterocycles. The van der Waals surface area contributed by atoms with Crippen molar-refractivity contribution in [2.24, 2.45) is 0 Å². The van der Waals surface area contributed by atoms with E-state index in [1.54, 1.807) is 4.90 Å². The zero-order valence-electron chi connectivity index (χ0n) is 18.8. The SMILES string of the molecule is C=C(F)CCC(=O)N(CC12CCC(c3nc(C(C)(C)C)no3)(CO1)C2)c1cccc(Br)c1. The van der Waals surface area contributed by atoms with Gasteiger partial charge in [-0.15, -0.1) is 0 Å². The van der Waals surface area contributed by atoms with E-state index < -0.39 is 11.4 Å². The average Bonchev–Trinajstić information content (AvgIpc) is 3.44. The maximum Gasteiger partial charge on any atom is 0.235 e. The second-order valence-electron chi connectivity index (χ2n) is 10.1. The molecule has 1 saturated heterocycles. The standard InChI is InChI=1S/C24H29BrFN3O3/c1-16(26)8-9-19(30)29(18-7-5-6-17(25)12-18)14-24-11-10-23(13-24,15-31-24)21-27-20(28-32-21)22(2,3)4/h5-7,12H,1,8-11,13-15H2,2-4H3. The Morgan fingerprint density at radius 1 is 1.31 bits per heavy atom. The van der Waals surface area contributed by atoms with Gasteiger partial charge in [0.2, 0.25) is 11.8 Å². The Kier molecular flexibility index (Phi) is 6.05. The van der Waals surface area contributed by atoms with E-state index in [-0.39, 0.29) is 29.6 Å². The lowest BCUT2D eigenvalue weighted by Gasteiger charge is -2.34. The predicted molar refractivity (Wildman–Crippen MR) is 123 cm³/mol. The minimum Gasteiger partial charge on any atom is -0.372 e. The molecule has 8 heteroatoms.